The molecular weight excluding hydrogens is 293 g/mol. The summed E-state index contributed by atoms with van der Waals surface area (Å²) in [5.41, 5.74) is 1.51. The number of hydrogen-bond donors (Lipinski definition) is 0. The van der Waals surface area contributed by atoms with Crippen molar-refractivity contribution in [3.05, 3.63) is 23.3 Å². The molecule has 5 heteroatoms. The summed E-state index contributed by atoms with van der Waals surface area (Å²) in [6, 6.07) is 3.52. The Morgan fingerprint density at radius 2 is 1.77 bits per heavy atom. The van der Waals surface area contributed by atoms with Crippen LogP contribution in [0.25, 0.3) is 0 Å². The molecular formula is C17H21F3O2. The lowest BCUT2D eigenvalue weighted by molar-refractivity contribution is -0.275. The van der Waals surface area contributed by atoms with E-state index in [4.69, 9.17) is 4.74 Å². The van der Waals surface area contributed by atoms with Gasteiger partial charge < -0.3 is 9.47 Å². The monoisotopic (exact) mass is 314 g/mol. The van der Waals surface area contributed by atoms with Gasteiger partial charge in [0.2, 0.25) is 0 Å². The normalized spacial score (nSPS) is 19.5. The molecule has 2 aliphatic carbocycles. The minimum absolute atomic E-state index is 0.158. The van der Waals surface area contributed by atoms with Gasteiger partial charge in [-0.1, -0.05) is 18.9 Å². The number of hydrogen-bond acceptors (Lipinski definition) is 2. The molecule has 0 aliphatic heterocycles. The minimum Gasteiger partial charge on any atom is -0.489 e. The zero-order chi connectivity index (χ0) is 15.7. The first-order valence-corrected chi connectivity index (χ1v) is 7.96. The van der Waals surface area contributed by atoms with Crippen LogP contribution in [0.1, 0.15) is 55.6 Å². The summed E-state index contributed by atoms with van der Waals surface area (Å²) >= 11 is 0. The predicted octanol–water partition coefficient (Wildman–Crippen LogP) is 5.34. The second-order valence-corrected chi connectivity index (χ2v) is 6.39. The van der Waals surface area contributed by atoms with E-state index < -0.39 is 6.36 Å². The zero-order valence-electron chi connectivity index (χ0n) is 12.7. The lowest BCUT2D eigenvalue weighted by atomic mass is 10.0. The Morgan fingerprint density at radius 1 is 1.09 bits per heavy atom. The molecule has 0 radical (unpaired) electrons. The van der Waals surface area contributed by atoms with Crippen LogP contribution in [-0.4, -0.2) is 13.0 Å². The highest BCUT2D eigenvalue weighted by atomic mass is 19.4. The highest BCUT2D eigenvalue weighted by molar-refractivity contribution is 5.52. The van der Waals surface area contributed by atoms with Crippen molar-refractivity contribution in [1.29, 1.82) is 0 Å². The van der Waals surface area contributed by atoms with Gasteiger partial charge in [0, 0.05) is 0 Å². The highest BCUT2D eigenvalue weighted by Gasteiger charge is 2.35. The van der Waals surface area contributed by atoms with Crippen LogP contribution in [0, 0.1) is 12.8 Å². The molecule has 122 valence electrons. The van der Waals surface area contributed by atoms with Crippen LogP contribution in [0.3, 0.4) is 0 Å². The second kappa shape index (κ2) is 6.01. The highest BCUT2D eigenvalue weighted by Crippen LogP contribution is 2.47. The average Bonchev–Trinajstić information content (AvgIpc) is 3.14. The molecule has 2 fully saturated rings. The van der Waals surface area contributed by atoms with Crippen LogP contribution in [0.2, 0.25) is 0 Å². The Kier molecular flexibility index (Phi) is 4.24. The number of ether oxygens (including phenoxy) is 2. The Bertz CT molecular complexity index is 529. The van der Waals surface area contributed by atoms with Crippen LogP contribution in [0.4, 0.5) is 13.2 Å². The maximum atomic E-state index is 12.7. The van der Waals surface area contributed by atoms with E-state index in [1.54, 1.807) is 13.0 Å². The molecule has 0 heterocycles. The van der Waals surface area contributed by atoms with Gasteiger partial charge in [-0.05, 0) is 61.6 Å². The van der Waals surface area contributed by atoms with Crippen molar-refractivity contribution >= 4 is 0 Å². The SMILES string of the molecule is Cc1c(C2CC2)ccc(OCC2CCCC2)c1OC(F)(F)F. The molecule has 0 unspecified atom stereocenters. The fraction of sp³-hybridized carbons (Fsp3) is 0.647. The van der Waals surface area contributed by atoms with Crippen molar-refractivity contribution < 1.29 is 22.6 Å². The van der Waals surface area contributed by atoms with Crippen LogP contribution >= 0.6 is 0 Å². The Labute approximate surface area is 128 Å². The van der Waals surface area contributed by atoms with E-state index in [0.717, 1.165) is 31.2 Å². The van der Waals surface area contributed by atoms with Crippen LogP contribution in [-0.2, 0) is 0 Å². The van der Waals surface area contributed by atoms with E-state index in [9.17, 15) is 13.2 Å². The van der Waals surface area contributed by atoms with Crippen LogP contribution in [0.5, 0.6) is 11.5 Å². The van der Waals surface area contributed by atoms with Crippen molar-refractivity contribution in [3.8, 4) is 11.5 Å². The molecule has 0 N–H and O–H groups in total. The van der Waals surface area contributed by atoms with Gasteiger partial charge in [-0.15, -0.1) is 13.2 Å². The fourth-order valence-electron chi connectivity index (χ4n) is 3.26. The number of halogens is 3. The average molecular weight is 314 g/mol. The fourth-order valence-corrected chi connectivity index (χ4v) is 3.26. The van der Waals surface area contributed by atoms with Gasteiger partial charge in [0.15, 0.2) is 11.5 Å². The summed E-state index contributed by atoms with van der Waals surface area (Å²) in [6.45, 7) is 2.16. The van der Waals surface area contributed by atoms with E-state index in [2.05, 4.69) is 4.74 Å². The zero-order valence-corrected chi connectivity index (χ0v) is 12.7. The summed E-state index contributed by atoms with van der Waals surface area (Å²) in [5, 5.41) is 0. The van der Waals surface area contributed by atoms with Crippen molar-refractivity contribution in [2.75, 3.05) is 6.61 Å². The predicted molar refractivity (Wildman–Crippen MR) is 77.3 cm³/mol. The first-order chi connectivity index (χ1) is 10.4. The molecule has 0 bridgehead atoms. The van der Waals surface area contributed by atoms with Gasteiger partial charge in [0.1, 0.15) is 0 Å². The summed E-state index contributed by atoms with van der Waals surface area (Å²) in [5.74, 6) is 0.877. The second-order valence-electron chi connectivity index (χ2n) is 6.39. The van der Waals surface area contributed by atoms with Gasteiger partial charge in [0.05, 0.1) is 6.61 Å². The first kappa shape index (κ1) is 15.5. The molecule has 2 nitrogen and oxygen atoms in total. The topological polar surface area (TPSA) is 18.5 Å². The van der Waals surface area contributed by atoms with Crippen molar-refractivity contribution in [2.24, 2.45) is 5.92 Å². The maximum absolute atomic E-state index is 12.7. The van der Waals surface area contributed by atoms with E-state index in [1.165, 1.54) is 12.8 Å². The lowest BCUT2D eigenvalue weighted by Gasteiger charge is -2.19. The molecule has 3 rings (SSSR count). The third-order valence-corrected chi connectivity index (χ3v) is 4.60. The van der Waals surface area contributed by atoms with E-state index in [1.807, 2.05) is 6.07 Å². The molecule has 1 aromatic rings. The third kappa shape index (κ3) is 3.68. The third-order valence-electron chi connectivity index (χ3n) is 4.60. The van der Waals surface area contributed by atoms with Gasteiger partial charge in [0.25, 0.3) is 0 Å². The Morgan fingerprint density at radius 3 is 2.36 bits per heavy atom. The van der Waals surface area contributed by atoms with E-state index in [-0.39, 0.29) is 11.5 Å². The quantitative estimate of drug-likeness (QED) is 0.730. The largest absolute Gasteiger partial charge is 0.573 e. The molecule has 0 aromatic heterocycles. The summed E-state index contributed by atoms with van der Waals surface area (Å²) in [4.78, 5) is 0. The molecule has 1 aromatic carbocycles. The first-order valence-electron chi connectivity index (χ1n) is 7.96. The molecule has 0 atom stereocenters. The van der Waals surface area contributed by atoms with Crippen molar-refractivity contribution in [3.63, 3.8) is 0 Å². The van der Waals surface area contributed by atoms with Gasteiger partial charge in [-0.3, -0.25) is 0 Å². The standard InChI is InChI=1S/C17H21F3O2/c1-11-14(13-6-7-13)8-9-15(16(11)22-17(18,19)20)21-10-12-4-2-3-5-12/h8-9,12-13H,2-7,10H2,1H3. The molecule has 2 aliphatic rings. The van der Waals surface area contributed by atoms with Gasteiger partial charge >= 0.3 is 6.36 Å². The molecule has 0 spiro atoms. The van der Waals surface area contributed by atoms with E-state index in [0.29, 0.717) is 24.0 Å². The van der Waals surface area contributed by atoms with Crippen LogP contribution in [0.15, 0.2) is 12.1 Å². The number of benzene rings is 1. The number of alkyl halides is 3. The van der Waals surface area contributed by atoms with E-state index >= 15 is 0 Å². The lowest BCUT2D eigenvalue weighted by Crippen LogP contribution is -2.19. The summed E-state index contributed by atoms with van der Waals surface area (Å²) in [6.07, 6.45) is 1.92. The van der Waals surface area contributed by atoms with Crippen molar-refractivity contribution in [1.82, 2.24) is 0 Å². The Balaban J connectivity index is 1.81. The van der Waals surface area contributed by atoms with Gasteiger partial charge in [-0.2, -0.15) is 0 Å². The smallest absolute Gasteiger partial charge is 0.489 e. The van der Waals surface area contributed by atoms with Crippen molar-refractivity contribution in [2.45, 2.75) is 57.7 Å². The van der Waals surface area contributed by atoms with Crippen LogP contribution < -0.4 is 9.47 Å². The minimum atomic E-state index is -4.70. The molecule has 22 heavy (non-hydrogen) atoms. The molecule has 2 saturated carbocycles. The summed E-state index contributed by atoms with van der Waals surface area (Å²) < 4.78 is 48.1. The molecule has 0 amide bonds. The number of rotatable bonds is 5. The van der Waals surface area contributed by atoms with Gasteiger partial charge in [-0.25, -0.2) is 0 Å². The Hall–Kier alpha value is -1.39. The maximum Gasteiger partial charge on any atom is 0.573 e. The molecule has 0 saturated heterocycles. The summed E-state index contributed by atoms with van der Waals surface area (Å²) in [7, 11) is 0.